The Bertz CT molecular complexity index is 279. The second kappa shape index (κ2) is 14.1. The molecule has 1 atom stereocenters. The predicted molar refractivity (Wildman–Crippen MR) is 78.4 cm³/mol. The number of ketones is 2. The zero-order valence-corrected chi connectivity index (χ0v) is 13.4. The molecule has 0 spiro atoms. The van der Waals surface area contributed by atoms with Gasteiger partial charge in [0.05, 0.1) is 39.6 Å². The maximum atomic E-state index is 11.5. The Kier molecular flexibility index (Phi) is 13.6. The Labute approximate surface area is 127 Å². The summed E-state index contributed by atoms with van der Waals surface area (Å²) in [5.74, 6) is 0.195. The third kappa shape index (κ3) is 13.9. The fourth-order valence-electron chi connectivity index (χ4n) is 1.32. The molecule has 0 bridgehead atoms. The van der Waals surface area contributed by atoms with Gasteiger partial charge in [0.15, 0.2) is 11.6 Å². The number of Topliss-reactive ketones (excluding diaryl/α,β-unsaturated/α-hetero) is 2. The van der Waals surface area contributed by atoms with Gasteiger partial charge >= 0.3 is 0 Å². The van der Waals surface area contributed by atoms with Crippen LogP contribution in [-0.2, 0) is 28.5 Å². The lowest BCUT2D eigenvalue weighted by atomic mass is 10.1. The van der Waals surface area contributed by atoms with Crippen molar-refractivity contribution in [1.29, 1.82) is 0 Å². The monoisotopic (exact) mass is 304 g/mol. The quantitative estimate of drug-likeness (QED) is 0.424. The average molecular weight is 304 g/mol. The Morgan fingerprint density at radius 1 is 0.810 bits per heavy atom. The molecule has 0 aliphatic heterocycles. The topological polar surface area (TPSA) is 71.1 Å². The first-order valence-corrected chi connectivity index (χ1v) is 7.41. The van der Waals surface area contributed by atoms with Crippen molar-refractivity contribution in [2.45, 2.75) is 27.2 Å². The summed E-state index contributed by atoms with van der Waals surface area (Å²) >= 11 is 0. The smallest absolute Gasteiger partial charge is 0.161 e. The van der Waals surface area contributed by atoms with Crippen LogP contribution in [0.15, 0.2) is 0 Å². The van der Waals surface area contributed by atoms with Gasteiger partial charge in [-0.25, -0.2) is 0 Å². The molecule has 6 heteroatoms. The van der Waals surface area contributed by atoms with E-state index in [-0.39, 0.29) is 30.7 Å². The molecule has 0 fully saturated rings. The summed E-state index contributed by atoms with van der Waals surface area (Å²) in [7, 11) is 0. The molecular formula is C15H28O6. The van der Waals surface area contributed by atoms with Crippen molar-refractivity contribution < 1.29 is 28.5 Å². The van der Waals surface area contributed by atoms with Gasteiger partial charge in [0.2, 0.25) is 0 Å². The SMILES string of the molecule is CCC(C)C(=O)COCCOCCOCCOCC(C)=O. The molecule has 6 nitrogen and oxygen atoms in total. The Hall–Kier alpha value is -0.820. The zero-order chi connectivity index (χ0) is 15.9. The van der Waals surface area contributed by atoms with Crippen molar-refractivity contribution in [3.8, 4) is 0 Å². The number of ether oxygens (including phenoxy) is 4. The fraction of sp³-hybridized carbons (Fsp3) is 0.867. The first-order valence-electron chi connectivity index (χ1n) is 7.41. The predicted octanol–water partition coefficient (Wildman–Crippen LogP) is 1.26. The Balaban J connectivity index is 3.16. The summed E-state index contributed by atoms with van der Waals surface area (Å²) in [6, 6.07) is 0. The van der Waals surface area contributed by atoms with E-state index in [9.17, 15) is 9.59 Å². The highest BCUT2D eigenvalue weighted by Crippen LogP contribution is 2.01. The van der Waals surface area contributed by atoms with Crippen LogP contribution in [0.4, 0.5) is 0 Å². The maximum absolute atomic E-state index is 11.5. The minimum absolute atomic E-state index is 0.00476. The summed E-state index contributed by atoms with van der Waals surface area (Å²) in [4.78, 5) is 22.0. The van der Waals surface area contributed by atoms with Gasteiger partial charge in [-0.3, -0.25) is 9.59 Å². The highest BCUT2D eigenvalue weighted by atomic mass is 16.6. The molecule has 0 rings (SSSR count). The molecule has 0 aliphatic rings. The third-order valence-electron chi connectivity index (χ3n) is 2.83. The normalized spacial score (nSPS) is 12.3. The van der Waals surface area contributed by atoms with Crippen molar-refractivity contribution in [2.75, 3.05) is 52.9 Å². The molecule has 21 heavy (non-hydrogen) atoms. The van der Waals surface area contributed by atoms with E-state index < -0.39 is 0 Å². The van der Waals surface area contributed by atoms with Crippen LogP contribution >= 0.6 is 0 Å². The van der Waals surface area contributed by atoms with Crippen LogP contribution in [-0.4, -0.2) is 64.4 Å². The number of hydrogen-bond acceptors (Lipinski definition) is 6. The van der Waals surface area contributed by atoms with Crippen molar-refractivity contribution in [3.63, 3.8) is 0 Å². The summed E-state index contributed by atoms with van der Waals surface area (Å²) in [6.45, 7) is 8.28. The van der Waals surface area contributed by atoms with E-state index in [2.05, 4.69) is 0 Å². The average Bonchev–Trinajstić information content (AvgIpc) is 2.46. The van der Waals surface area contributed by atoms with Crippen molar-refractivity contribution in [1.82, 2.24) is 0 Å². The van der Waals surface area contributed by atoms with Gasteiger partial charge in [-0.2, -0.15) is 0 Å². The third-order valence-corrected chi connectivity index (χ3v) is 2.83. The van der Waals surface area contributed by atoms with Crippen LogP contribution in [0.1, 0.15) is 27.2 Å². The molecule has 0 saturated heterocycles. The molecule has 0 heterocycles. The second-order valence-electron chi connectivity index (χ2n) is 4.81. The van der Waals surface area contributed by atoms with Gasteiger partial charge < -0.3 is 18.9 Å². The van der Waals surface area contributed by atoms with Crippen LogP contribution in [0.5, 0.6) is 0 Å². The lowest BCUT2D eigenvalue weighted by molar-refractivity contribution is -0.127. The van der Waals surface area contributed by atoms with E-state index in [1.165, 1.54) is 6.92 Å². The summed E-state index contributed by atoms with van der Waals surface area (Å²) < 4.78 is 20.8. The number of carbonyl (C=O) groups is 2. The maximum Gasteiger partial charge on any atom is 0.161 e. The van der Waals surface area contributed by atoms with Crippen molar-refractivity contribution >= 4 is 11.6 Å². The zero-order valence-electron chi connectivity index (χ0n) is 13.4. The molecule has 0 aromatic carbocycles. The largest absolute Gasteiger partial charge is 0.377 e. The van der Waals surface area contributed by atoms with E-state index in [1.54, 1.807) is 0 Å². The highest BCUT2D eigenvalue weighted by Gasteiger charge is 2.09. The van der Waals surface area contributed by atoms with Crippen LogP contribution < -0.4 is 0 Å². The molecule has 0 aliphatic carbocycles. The van der Waals surface area contributed by atoms with Gasteiger partial charge in [-0.15, -0.1) is 0 Å². The van der Waals surface area contributed by atoms with Crippen LogP contribution in [0.25, 0.3) is 0 Å². The van der Waals surface area contributed by atoms with Gasteiger partial charge in [-0.05, 0) is 13.3 Å². The van der Waals surface area contributed by atoms with E-state index >= 15 is 0 Å². The molecule has 124 valence electrons. The van der Waals surface area contributed by atoms with Crippen LogP contribution in [0, 0.1) is 5.92 Å². The number of rotatable bonds is 15. The molecule has 0 aromatic heterocycles. The van der Waals surface area contributed by atoms with Gasteiger partial charge in [0.1, 0.15) is 13.2 Å². The first kappa shape index (κ1) is 20.2. The molecule has 0 radical (unpaired) electrons. The van der Waals surface area contributed by atoms with E-state index in [1.807, 2.05) is 13.8 Å². The number of carbonyl (C=O) groups excluding carboxylic acids is 2. The van der Waals surface area contributed by atoms with Gasteiger partial charge in [0, 0.05) is 5.92 Å². The van der Waals surface area contributed by atoms with Crippen LogP contribution in [0.2, 0.25) is 0 Å². The molecule has 0 saturated carbocycles. The van der Waals surface area contributed by atoms with Crippen LogP contribution in [0.3, 0.4) is 0 Å². The van der Waals surface area contributed by atoms with Gasteiger partial charge in [0.25, 0.3) is 0 Å². The van der Waals surface area contributed by atoms with E-state index in [0.29, 0.717) is 39.6 Å². The highest BCUT2D eigenvalue weighted by molar-refractivity contribution is 5.81. The molecule has 1 unspecified atom stereocenters. The first-order chi connectivity index (χ1) is 10.1. The number of hydrogen-bond donors (Lipinski definition) is 0. The van der Waals surface area contributed by atoms with E-state index in [0.717, 1.165) is 6.42 Å². The Morgan fingerprint density at radius 2 is 1.24 bits per heavy atom. The van der Waals surface area contributed by atoms with Crippen molar-refractivity contribution in [3.05, 3.63) is 0 Å². The molecule has 0 amide bonds. The minimum atomic E-state index is 0.00476. The summed E-state index contributed by atoms with van der Waals surface area (Å²) in [5, 5.41) is 0. The lowest BCUT2D eigenvalue weighted by Crippen LogP contribution is -2.19. The fourth-order valence-corrected chi connectivity index (χ4v) is 1.32. The molecule has 0 aromatic rings. The molecular weight excluding hydrogens is 276 g/mol. The van der Waals surface area contributed by atoms with Gasteiger partial charge in [-0.1, -0.05) is 13.8 Å². The van der Waals surface area contributed by atoms with E-state index in [4.69, 9.17) is 18.9 Å². The summed E-state index contributed by atoms with van der Waals surface area (Å²) in [6.07, 6.45) is 0.839. The standard InChI is InChI=1S/C15H28O6/c1-4-13(2)15(17)12-21-10-8-19-6-5-18-7-9-20-11-14(3)16/h13H,4-12H2,1-3H3. The second-order valence-corrected chi connectivity index (χ2v) is 4.81. The minimum Gasteiger partial charge on any atom is -0.377 e. The lowest BCUT2D eigenvalue weighted by Gasteiger charge is -2.09. The van der Waals surface area contributed by atoms with Crippen molar-refractivity contribution in [2.24, 2.45) is 5.92 Å². The summed E-state index contributed by atoms with van der Waals surface area (Å²) in [5.41, 5.74) is 0. The Morgan fingerprint density at radius 3 is 1.67 bits per heavy atom. The molecule has 0 N–H and O–H groups in total.